The molecule has 2 rings (SSSR count). The fourth-order valence-electron chi connectivity index (χ4n) is 2.23. The number of ether oxygens (including phenoxy) is 2. The maximum Gasteiger partial charge on any atom is 0.254 e. The maximum atomic E-state index is 12.5. The van der Waals surface area contributed by atoms with E-state index in [0.29, 0.717) is 31.1 Å². The van der Waals surface area contributed by atoms with Gasteiger partial charge in [-0.2, -0.15) is 0 Å². The van der Waals surface area contributed by atoms with Crippen molar-refractivity contribution in [2.45, 2.75) is 19.1 Å². The van der Waals surface area contributed by atoms with E-state index in [1.165, 1.54) is 0 Å². The molecule has 114 valence electrons. The van der Waals surface area contributed by atoms with Crippen molar-refractivity contribution in [1.29, 1.82) is 0 Å². The first-order chi connectivity index (χ1) is 10.2. The molecule has 1 aromatic carbocycles. The average Bonchev–Trinajstić information content (AvgIpc) is 2.53. The van der Waals surface area contributed by atoms with E-state index in [9.17, 15) is 9.90 Å². The zero-order chi connectivity index (χ0) is 15.2. The first-order valence-electron chi connectivity index (χ1n) is 7.03. The summed E-state index contributed by atoms with van der Waals surface area (Å²) in [6, 6.07) is 7.03. The van der Waals surface area contributed by atoms with E-state index in [4.69, 9.17) is 9.47 Å². The van der Waals surface area contributed by atoms with Crippen molar-refractivity contribution in [3.05, 3.63) is 42.5 Å². The molecule has 0 spiro atoms. The molecule has 0 saturated carbocycles. The second-order valence-corrected chi connectivity index (χ2v) is 5.07. The molecule has 0 bridgehead atoms. The van der Waals surface area contributed by atoms with Gasteiger partial charge in [0.2, 0.25) is 0 Å². The normalized spacial score (nSPS) is 21.9. The van der Waals surface area contributed by atoms with Crippen LogP contribution < -0.4 is 4.74 Å². The first-order valence-corrected chi connectivity index (χ1v) is 7.03. The summed E-state index contributed by atoms with van der Waals surface area (Å²) >= 11 is 0. The van der Waals surface area contributed by atoms with Gasteiger partial charge in [0.05, 0.1) is 25.4 Å². The zero-order valence-corrected chi connectivity index (χ0v) is 12.2. The third-order valence-electron chi connectivity index (χ3n) is 3.44. The molecule has 0 aliphatic carbocycles. The van der Waals surface area contributed by atoms with Crippen LogP contribution in [-0.2, 0) is 4.74 Å². The van der Waals surface area contributed by atoms with E-state index < -0.39 is 0 Å². The Morgan fingerprint density at radius 2 is 2.24 bits per heavy atom. The Morgan fingerprint density at radius 1 is 1.52 bits per heavy atom. The molecule has 1 aromatic rings. The number of carbonyl (C=O) groups is 1. The molecule has 1 amide bonds. The molecule has 1 fully saturated rings. The molecule has 5 nitrogen and oxygen atoms in total. The number of amides is 1. The SMILES string of the molecule is C=CCOc1ccc(C(=O)N2CC(CO)OCC2C)cc1. The number of carbonyl (C=O) groups excluding carboxylic acids is 1. The third-order valence-corrected chi connectivity index (χ3v) is 3.44. The standard InChI is InChI=1S/C16H21NO4/c1-3-8-20-14-6-4-13(5-7-14)16(19)17-9-15(10-18)21-11-12(17)2/h3-7,12,15,18H,1,8-11H2,2H3. The van der Waals surface area contributed by atoms with E-state index in [0.717, 1.165) is 0 Å². The highest BCUT2D eigenvalue weighted by atomic mass is 16.5. The lowest BCUT2D eigenvalue weighted by atomic mass is 10.1. The number of hydrogen-bond donors (Lipinski definition) is 1. The number of rotatable bonds is 5. The average molecular weight is 291 g/mol. The summed E-state index contributed by atoms with van der Waals surface area (Å²) in [7, 11) is 0. The van der Waals surface area contributed by atoms with Crippen LogP contribution in [0.2, 0.25) is 0 Å². The fraction of sp³-hybridized carbons (Fsp3) is 0.438. The Labute approximate surface area is 124 Å². The number of aliphatic hydroxyl groups excluding tert-OH is 1. The molecule has 1 aliphatic heterocycles. The predicted molar refractivity (Wildman–Crippen MR) is 79.5 cm³/mol. The summed E-state index contributed by atoms with van der Waals surface area (Å²) in [5, 5.41) is 9.18. The molecule has 2 atom stereocenters. The van der Waals surface area contributed by atoms with Gasteiger partial charge in [-0.3, -0.25) is 4.79 Å². The number of aliphatic hydroxyl groups is 1. The number of benzene rings is 1. The van der Waals surface area contributed by atoms with E-state index in [2.05, 4.69) is 6.58 Å². The monoisotopic (exact) mass is 291 g/mol. The van der Waals surface area contributed by atoms with Crippen molar-refractivity contribution in [2.24, 2.45) is 0 Å². The molecular weight excluding hydrogens is 270 g/mol. The molecule has 5 heteroatoms. The highest BCUT2D eigenvalue weighted by Gasteiger charge is 2.29. The third kappa shape index (κ3) is 3.83. The number of nitrogens with zero attached hydrogens (tertiary/aromatic N) is 1. The van der Waals surface area contributed by atoms with Gasteiger partial charge in [-0.25, -0.2) is 0 Å². The van der Waals surface area contributed by atoms with Gasteiger partial charge >= 0.3 is 0 Å². The van der Waals surface area contributed by atoms with Crippen LogP contribution in [-0.4, -0.2) is 54.4 Å². The minimum atomic E-state index is -0.305. The van der Waals surface area contributed by atoms with Gasteiger partial charge in [-0.1, -0.05) is 12.7 Å². The van der Waals surface area contributed by atoms with Gasteiger partial charge in [0.15, 0.2) is 0 Å². The largest absolute Gasteiger partial charge is 0.490 e. The van der Waals surface area contributed by atoms with Gasteiger partial charge in [0.1, 0.15) is 12.4 Å². The number of morpholine rings is 1. The van der Waals surface area contributed by atoms with Gasteiger partial charge < -0.3 is 19.5 Å². The molecule has 0 aromatic heterocycles. The van der Waals surface area contributed by atoms with Crippen molar-refractivity contribution in [3.8, 4) is 5.75 Å². The summed E-state index contributed by atoms with van der Waals surface area (Å²) in [4.78, 5) is 14.3. The van der Waals surface area contributed by atoms with Crippen LogP contribution in [0.15, 0.2) is 36.9 Å². The maximum absolute atomic E-state index is 12.5. The summed E-state index contributed by atoms with van der Waals surface area (Å²) in [6.07, 6.45) is 1.36. The van der Waals surface area contributed by atoms with E-state index in [1.807, 2.05) is 6.92 Å². The fourth-order valence-corrected chi connectivity index (χ4v) is 2.23. The van der Waals surface area contributed by atoms with Gasteiger partial charge in [0.25, 0.3) is 5.91 Å². The summed E-state index contributed by atoms with van der Waals surface area (Å²) < 4.78 is 10.8. The van der Waals surface area contributed by atoms with Crippen LogP contribution in [0.3, 0.4) is 0 Å². The zero-order valence-electron chi connectivity index (χ0n) is 12.2. The van der Waals surface area contributed by atoms with Crippen molar-refractivity contribution in [1.82, 2.24) is 4.90 Å². The van der Waals surface area contributed by atoms with Crippen molar-refractivity contribution < 1.29 is 19.4 Å². The molecule has 1 heterocycles. The minimum absolute atomic E-state index is 0.00278. The molecule has 2 unspecified atom stereocenters. The Morgan fingerprint density at radius 3 is 2.86 bits per heavy atom. The Hall–Kier alpha value is -1.85. The van der Waals surface area contributed by atoms with Crippen LogP contribution in [0.1, 0.15) is 17.3 Å². The van der Waals surface area contributed by atoms with Gasteiger partial charge in [-0.05, 0) is 31.2 Å². The van der Waals surface area contributed by atoms with Crippen LogP contribution >= 0.6 is 0 Å². The quantitative estimate of drug-likeness (QED) is 0.835. The second-order valence-electron chi connectivity index (χ2n) is 5.07. The topological polar surface area (TPSA) is 59.0 Å². The number of hydrogen-bond acceptors (Lipinski definition) is 4. The Kier molecular flexibility index (Phi) is 5.36. The molecule has 1 N–H and O–H groups in total. The van der Waals surface area contributed by atoms with Crippen molar-refractivity contribution >= 4 is 5.91 Å². The van der Waals surface area contributed by atoms with E-state index >= 15 is 0 Å². The van der Waals surface area contributed by atoms with Crippen molar-refractivity contribution in [3.63, 3.8) is 0 Å². The van der Waals surface area contributed by atoms with Crippen LogP contribution in [0.25, 0.3) is 0 Å². The summed E-state index contributed by atoms with van der Waals surface area (Å²) in [5.74, 6) is 0.647. The van der Waals surface area contributed by atoms with Gasteiger partial charge in [0, 0.05) is 12.1 Å². The summed E-state index contributed by atoms with van der Waals surface area (Å²) in [5.41, 5.74) is 0.603. The lowest BCUT2D eigenvalue weighted by Crippen LogP contribution is -2.52. The highest BCUT2D eigenvalue weighted by Crippen LogP contribution is 2.18. The lowest BCUT2D eigenvalue weighted by Gasteiger charge is -2.37. The Bertz CT molecular complexity index is 486. The minimum Gasteiger partial charge on any atom is -0.490 e. The van der Waals surface area contributed by atoms with Crippen LogP contribution in [0, 0.1) is 0 Å². The second kappa shape index (κ2) is 7.24. The molecule has 1 saturated heterocycles. The van der Waals surface area contributed by atoms with Gasteiger partial charge in [-0.15, -0.1) is 0 Å². The molecule has 0 radical (unpaired) electrons. The lowest BCUT2D eigenvalue weighted by molar-refractivity contribution is -0.0667. The van der Waals surface area contributed by atoms with E-state index in [-0.39, 0.29) is 24.7 Å². The first kappa shape index (κ1) is 15.5. The Balaban J connectivity index is 2.05. The van der Waals surface area contributed by atoms with Crippen LogP contribution in [0.5, 0.6) is 5.75 Å². The smallest absolute Gasteiger partial charge is 0.254 e. The molecule has 21 heavy (non-hydrogen) atoms. The van der Waals surface area contributed by atoms with Crippen LogP contribution in [0.4, 0.5) is 0 Å². The summed E-state index contributed by atoms with van der Waals surface area (Å²) in [6.45, 7) is 6.73. The highest BCUT2D eigenvalue weighted by molar-refractivity contribution is 5.94. The van der Waals surface area contributed by atoms with Crippen molar-refractivity contribution in [2.75, 3.05) is 26.4 Å². The molecule has 1 aliphatic rings. The molecular formula is C16H21NO4. The predicted octanol–water partition coefficient (Wildman–Crippen LogP) is 1.47. The van der Waals surface area contributed by atoms with E-state index in [1.54, 1.807) is 35.2 Å².